The first kappa shape index (κ1) is 13.1. The second-order valence-electron chi connectivity index (χ2n) is 5.12. The number of hydrogen-bond acceptors (Lipinski definition) is 4. The molecule has 0 radical (unpaired) electrons. The quantitative estimate of drug-likeness (QED) is 0.891. The van der Waals surface area contributed by atoms with Gasteiger partial charge in [0.25, 0.3) is 0 Å². The average Bonchev–Trinajstić information content (AvgIpc) is 2.38. The van der Waals surface area contributed by atoms with Crippen LogP contribution in [-0.2, 0) is 6.42 Å². The zero-order valence-electron chi connectivity index (χ0n) is 11.6. The molecule has 18 heavy (non-hydrogen) atoms. The molecule has 1 fully saturated rings. The van der Waals surface area contributed by atoms with E-state index in [0.717, 1.165) is 36.8 Å². The predicted octanol–water partition coefficient (Wildman–Crippen LogP) is 3.04. The predicted molar refractivity (Wildman–Crippen MR) is 73.0 cm³/mol. The molecule has 2 atom stereocenters. The van der Waals surface area contributed by atoms with Crippen LogP contribution in [0.5, 0.6) is 5.88 Å². The minimum Gasteiger partial charge on any atom is -0.474 e. The van der Waals surface area contributed by atoms with Crippen LogP contribution in [-0.4, -0.2) is 23.1 Å². The Morgan fingerprint density at radius 3 is 2.89 bits per heavy atom. The Morgan fingerprint density at radius 1 is 1.39 bits per heavy atom. The zero-order valence-corrected chi connectivity index (χ0v) is 11.6. The van der Waals surface area contributed by atoms with E-state index in [9.17, 15) is 0 Å². The fraction of sp³-hybridized carbons (Fsp3) is 0.714. The highest BCUT2D eigenvalue weighted by Crippen LogP contribution is 2.27. The van der Waals surface area contributed by atoms with Crippen LogP contribution in [0.15, 0.2) is 6.07 Å². The van der Waals surface area contributed by atoms with E-state index in [0.29, 0.717) is 12.0 Å². The fourth-order valence-corrected chi connectivity index (χ4v) is 2.48. The second-order valence-corrected chi connectivity index (χ2v) is 5.12. The van der Waals surface area contributed by atoms with Crippen molar-refractivity contribution >= 4 is 5.82 Å². The van der Waals surface area contributed by atoms with E-state index in [4.69, 9.17) is 4.74 Å². The number of anilines is 1. The first-order valence-corrected chi connectivity index (χ1v) is 6.93. The largest absolute Gasteiger partial charge is 0.474 e. The molecular formula is C14H23N3O. The van der Waals surface area contributed by atoms with Gasteiger partial charge in [-0.15, -0.1) is 0 Å². The molecule has 0 aromatic carbocycles. The molecule has 2 unspecified atom stereocenters. The maximum Gasteiger partial charge on any atom is 0.218 e. The van der Waals surface area contributed by atoms with Crippen LogP contribution in [0.1, 0.15) is 45.4 Å². The summed E-state index contributed by atoms with van der Waals surface area (Å²) in [4.78, 5) is 8.82. The molecule has 1 aliphatic rings. The summed E-state index contributed by atoms with van der Waals surface area (Å²) < 4.78 is 6.02. The Labute approximate surface area is 109 Å². The molecule has 2 rings (SSSR count). The summed E-state index contributed by atoms with van der Waals surface area (Å²) in [6.07, 6.45) is 6.01. The Morgan fingerprint density at radius 2 is 2.22 bits per heavy atom. The molecule has 4 nitrogen and oxygen atoms in total. The van der Waals surface area contributed by atoms with Crippen LogP contribution < -0.4 is 10.1 Å². The zero-order chi connectivity index (χ0) is 13.0. The maximum absolute atomic E-state index is 6.02. The van der Waals surface area contributed by atoms with Gasteiger partial charge in [-0.2, -0.15) is 4.98 Å². The Bertz CT molecular complexity index is 372. The smallest absolute Gasteiger partial charge is 0.218 e. The molecule has 0 saturated heterocycles. The van der Waals surface area contributed by atoms with Gasteiger partial charge in [0.2, 0.25) is 5.88 Å². The molecule has 100 valence electrons. The van der Waals surface area contributed by atoms with Crippen molar-refractivity contribution in [2.75, 3.05) is 12.4 Å². The number of nitrogens with one attached hydrogen (secondary N) is 1. The Hall–Kier alpha value is -1.32. The fourth-order valence-electron chi connectivity index (χ4n) is 2.48. The van der Waals surface area contributed by atoms with Crippen molar-refractivity contribution in [3.05, 3.63) is 11.9 Å². The highest BCUT2D eigenvalue weighted by molar-refractivity contribution is 5.37. The third kappa shape index (κ3) is 3.34. The molecule has 0 bridgehead atoms. The number of hydrogen-bond donors (Lipinski definition) is 1. The molecule has 1 aromatic rings. The van der Waals surface area contributed by atoms with Crippen molar-refractivity contribution in [1.29, 1.82) is 0 Å². The molecule has 0 aliphatic heterocycles. The highest BCUT2D eigenvalue weighted by atomic mass is 16.5. The van der Waals surface area contributed by atoms with Gasteiger partial charge < -0.3 is 10.1 Å². The minimum absolute atomic E-state index is 0.318. The maximum atomic E-state index is 6.02. The lowest BCUT2D eigenvalue weighted by atomic mass is 9.89. The summed E-state index contributed by atoms with van der Waals surface area (Å²) in [5, 5.41) is 3.06. The van der Waals surface area contributed by atoms with E-state index in [1.165, 1.54) is 12.8 Å². The second kappa shape index (κ2) is 6.03. The van der Waals surface area contributed by atoms with Crippen molar-refractivity contribution in [2.24, 2.45) is 5.92 Å². The van der Waals surface area contributed by atoms with Gasteiger partial charge in [-0.05, 0) is 25.2 Å². The third-order valence-electron chi connectivity index (χ3n) is 3.50. The summed E-state index contributed by atoms with van der Waals surface area (Å²) >= 11 is 0. The standard InChI is InChI=1S/C14H23N3O/c1-4-12-16-13(15-3)9-14(17-12)18-11-7-5-6-10(2)8-11/h9-11H,4-8H2,1-3H3,(H,15,16,17). The monoisotopic (exact) mass is 249 g/mol. The number of aryl methyl sites for hydroxylation is 1. The molecule has 1 aromatic heterocycles. The van der Waals surface area contributed by atoms with Crippen molar-refractivity contribution in [1.82, 2.24) is 9.97 Å². The van der Waals surface area contributed by atoms with Gasteiger partial charge in [-0.1, -0.05) is 20.3 Å². The van der Waals surface area contributed by atoms with Crippen LogP contribution in [0.3, 0.4) is 0 Å². The van der Waals surface area contributed by atoms with Crippen LogP contribution in [0.25, 0.3) is 0 Å². The number of nitrogens with zero attached hydrogens (tertiary/aromatic N) is 2. The van der Waals surface area contributed by atoms with E-state index >= 15 is 0 Å². The van der Waals surface area contributed by atoms with Crippen LogP contribution in [0.2, 0.25) is 0 Å². The van der Waals surface area contributed by atoms with Crippen molar-refractivity contribution < 1.29 is 4.74 Å². The number of ether oxygens (including phenoxy) is 1. The van der Waals surface area contributed by atoms with E-state index < -0.39 is 0 Å². The van der Waals surface area contributed by atoms with E-state index in [1.807, 2.05) is 13.1 Å². The van der Waals surface area contributed by atoms with E-state index in [1.54, 1.807) is 0 Å². The van der Waals surface area contributed by atoms with Gasteiger partial charge in [-0.3, -0.25) is 0 Å². The average molecular weight is 249 g/mol. The third-order valence-corrected chi connectivity index (χ3v) is 3.50. The van der Waals surface area contributed by atoms with Gasteiger partial charge in [0.05, 0.1) is 0 Å². The summed E-state index contributed by atoms with van der Waals surface area (Å²) in [6.45, 7) is 4.35. The van der Waals surface area contributed by atoms with Gasteiger partial charge in [0.15, 0.2) is 0 Å². The van der Waals surface area contributed by atoms with Crippen molar-refractivity contribution in [3.8, 4) is 5.88 Å². The summed E-state index contributed by atoms with van der Waals surface area (Å²) in [7, 11) is 1.87. The normalized spacial score (nSPS) is 23.7. The Kier molecular flexibility index (Phi) is 4.39. The minimum atomic E-state index is 0.318. The molecule has 0 spiro atoms. The Balaban J connectivity index is 2.07. The van der Waals surface area contributed by atoms with E-state index in [2.05, 4.69) is 29.1 Å². The van der Waals surface area contributed by atoms with Crippen molar-refractivity contribution in [2.45, 2.75) is 52.1 Å². The number of rotatable bonds is 4. The van der Waals surface area contributed by atoms with Gasteiger partial charge in [0.1, 0.15) is 17.7 Å². The van der Waals surface area contributed by atoms with Crippen LogP contribution in [0.4, 0.5) is 5.82 Å². The molecular weight excluding hydrogens is 226 g/mol. The van der Waals surface area contributed by atoms with Crippen LogP contribution in [0, 0.1) is 5.92 Å². The summed E-state index contributed by atoms with van der Waals surface area (Å²) in [6, 6.07) is 1.89. The molecule has 1 aliphatic carbocycles. The van der Waals surface area contributed by atoms with Gasteiger partial charge >= 0.3 is 0 Å². The summed E-state index contributed by atoms with van der Waals surface area (Å²) in [5.74, 6) is 3.15. The molecule has 0 amide bonds. The van der Waals surface area contributed by atoms with Crippen molar-refractivity contribution in [3.63, 3.8) is 0 Å². The summed E-state index contributed by atoms with van der Waals surface area (Å²) in [5.41, 5.74) is 0. The van der Waals surface area contributed by atoms with Gasteiger partial charge in [-0.25, -0.2) is 4.98 Å². The highest BCUT2D eigenvalue weighted by Gasteiger charge is 2.21. The molecule has 1 saturated carbocycles. The topological polar surface area (TPSA) is 47.0 Å². The van der Waals surface area contributed by atoms with Gasteiger partial charge in [0, 0.05) is 19.5 Å². The lowest BCUT2D eigenvalue weighted by Gasteiger charge is -2.27. The van der Waals surface area contributed by atoms with Crippen LogP contribution >= 0.6 is 0 Å². The lowest BCUT2D eigenvalue weighted by molar-refractivity contribution is 0.123. The first-order chi connectivity index (χ1) is 8.71. The number of aromatic nitrogens is 2. The molecule has 1 N–H and O–H groups in total. The molecule has 4 heteroatoms. The first-order valence-electron chi connectivity index (χ1n) is 6.93. The molecule has 1 heterocycles. The lowest BCUT2D eigenvalue weighted by Crippen LogP contribution is -2.24. The SMILES string of the molecule is CCc1nc(NC)cc(OC2CCCC(C)C2)n1. The van der Waals surface area contributed by atoms with E-state index in [-0.39, 0.29) is 0 Å².